The predicted molar refractivity (Wildman–Crippen MR) is 72.3 cm³/mol. The van der Waals surface area contributed by atoms with Crippen molar-refractivity contribution in [3.05, 3.63) is 24.3 Å². The summed E-state index contributed by atoms with van der Waals surface area (Å²) in [5, 5.41) is 15.6. The lowest BCUT2D eigenvalue weighted by molar-refractivity contribution is -0.140. The van der Waals surface area contributed by atoms with E-state index in [2.05, 4.69) is 0 Å². The number of carbonyl (C=O) groups excluding carboxylic acids is 2. The van der Waals surface area contributed by atoms with Crippen LogP contribution >= 0.6 is 0 Å². The summed E-state index contributed by atoms with van der Waals surface area (Å²) in [5.41, 5.74) is 0. The molecule has 2 rings (SSSR count). The van der Waals surface area contributed by atoms with Crippen LogP contribution in [0.15, 0.2) is 24.3 Å². The van der Waals surface area contributed by atoms with Crippen molar-refractivity contribution in [1.29, 1.82) is 0 Å². The Morgan fingerprint density at radius 1 is 0.952 bits per heavy atom. The maximum atomic E-state index is 11.3. The van der Waals surface area contributed by atoms with Gasteiger partial charge in [-0.3, -0.25) is 14.5 Å². The van der Waals surface area contributed by atoms with Crippen molar-refractivity contribution in [2.24, 2.45) is 0 Å². The SMILES string of the molecule is O=C(O)/C=C\C(=O)O.O=C1C=CC(=O)N1C1CCCCC1. The second kappa shape index (κ2) is 7.98. The highest BCUT2D eigenvalue weighted by Gasteiger charge is 2.31. The van der Waals surface area contributed by atoms with Gasteiger partial charge in [0.2, 0.25) is 0 Å². The minimum atomic E-state index is -1.26. The molecule has 2 amide bonds. The smallest absolute Gasteiger partial charge is 0.328 e. The Labute approximate surface area is 121 Å². The molecule has 0 atom stereocenters. The first-order chi connectivity index (χ1) is 9.91. The summed E-state index contributed by atoms with van der Waals surface area (Å²) in [7, 11) is 0. The summed E-state index contributed by atoms with van der Waals surface area (Å²) >= 11 is 0. The first kappa shape index (κ1) is 16.6. The van der Waals surface area contributed by atoms with E-state index < -0.39 is 11.9 Å². The Kier molecular flexibility index (Phi) is 6.32. The van der Waals surface area contributed by atoms with E-state index in [0.717, 1.165) is 25.7 Å². The van der Waals surface area contributed by atoms with Gasteiger partial charge in [0.15, 0.2) is 0 Å². The highest BCUT2D eigenvalue weighted by atomic mass is 16.4. The molecule has 0 radical (unpaired) electrons. The zero-order valence-electron chi connectivity index (χ0n) is 11.4. The average molecular weight is 295 g/mol. The number of hydrogen-bond donors (Lipinski definition) is 2. The zero-order chi connectivity index (χ0) is 15.8. The van der Waals surface area contributed by atoms with E-state index in [0.29, 0.717) is 12.2 Å². The van der Waals surface area contributed by atoms with Crippen LogP contribution in [0.25, 0.3) is 0 Å². The molecule has 7 nitrogen and oxygen atoms in total. The predicted octanol–water partition coefficient (Wildman–Crippen LogP) is 0.956. The van der Waals surface area contributed by atoms with E-state index in [1.165, 1.54) is 23.5 Å². The summed E-state index contributed by atoms with van der Waals surface area (Å²) in [5.74, 6) is -2.77. The highest BCUT2D eigenvalue weighted by Crippen LogP contribution is 2.24. The molecular formula is C14H17NO6. The molecule has 1 heterocycles. The second-order valence-electron chi connectivity index (χ2n) is 4.68. The number of carbonyl (C=O) groups is 4. The molecule has 2 N–H and O–H groups in total. The lowest BCUT2D eigenvalue weighted by Crippen LogP contribution is -2.41. The van der Waals surface area contributed by atoms with Gasteiger partial charge in [-0.1, -0.05) is 19.3 Å². The molecule has 0 aromatic heterocycles. The molecule has 0 aromatic carbocycles. The van der Waals surface area contributed by atoms with Crippen LogP contribution in [-0.4, -0.2) is 44.9 Å². The first-order valence-electron chi connectivity index (χ1n) is 6.61. The fourth-order valence-electron chi connectivity index (χ4n) is 2.25. The summed E-state index contributed by atoms with van der Waals surface area (Å²) in [4.78, 5) is 43.1. The minimum Gasteiger partial charge on any atom is -0.478 e. The number of amides is 2. The van der Waals surface area contributed by atoms with Gasteiger partial charge in [-0.05, 0) is 12.8 Å². The van der Waals surface area contributed by atoms with Crippen LogP contribution in [0.3, 0.4) is 0 Å². The Hall–Kier alpha value is -2.44. The van der Waals surface area contributed by atoms with Crippen molar-refractivity contribution >= 4 is 23.8 Å². The van der Waals surface area contributed by atoms with Gasteiger partial charge in [0.25, 0.3) is 11.8 Å². The number of aliphatic carboxylic acids is 2. The number of carboxylic acids is 2. The van der Waals surface area contributed by atoms with E-state index in [-0.39, 0.29) is 17.9 Å². The number of hydrogen-bond acceptors (Lipinski definition) is 4. The van der Waals surface area contributed by atoms with Crippen molar-refractivity contribution in [2.75, 3.05) is 0 Å². The lowest BCUT2D eigenvalue weighted by atomic mass is 9.94. The summed E-state index contributed by atoms with van der Waals surface area (Å²) in [6, 6.07) is 0.170. The molecule has 0 spiro atoms. The molecule has 21 heavy (non-hydrogen) atoms. The van der Waals surface area contributed by atoms with Crippen LogP contribution < -0.4 is 0 Å². The standard InChI is InChI=1S/C10H13NO2.C4H4O4/c12-9-6-7-10(13)11(9)8-4-2-1-3-5-8;5-3(6)1-2-4(7)8/h6-8H,1-5H2;1-2H,(H,5,6)(H,7,8)/b;2-1-. The number of imide groups is 1. The van der Waals surface area contributed by atoms with E-state index >= 15 is 0 Å². The molecule has 2 aliphatic rings. The fourth-order valence-corrected chi connectivity index (χ4v) is 2.25. The van der Waals surface area contributed by atoms with Gasteiger partial charge in [0.05, 0.1) is 0 Å². The van der Waals surface area contributed by atoms with Crippen molar-refractivity contribution in [1.82, 2.24) is 4.90 Å². The van der Waals surface area contributed by atoms with Crippen LogP contribution in [0.1, 0.15) is 32.1 Å². The molecule has 1 aliphatic heterocycles. The van der Waals surface area contributed by atoms with E-state index in [1.54, 1.807) is 0 Å². The van der Waals surface area contributed by atoms with Crippen LogP contribution in [0.4, 0.5) is 0 Å². The van der Waals surface area contributed by atoms with Gasteiger partial charge in [-0.25, -0.2) is 9.59 Å². The molecule has 7 heteroatoms. The molecule has 114 valence electrons. The third kappa shape index (κ3) is 5.60. The van der Waals surface area contributed by atoms with Gasteiger partial charge in [0.1, 0.15) is 0 Å². The van der Waals surface area contributed by atoms with Crippen molar-refractivity contribution in [3.63, 3.8) is 0 Å². The molecule has 0 unspecified atom stereocenters. The van der Waals surface area contributed by atoms with Gasteiger partial charge >= 0.3 is 11.9 Å². The summed E-state index contributed by atoms with van der Waals surface area (Å²) in [6.07, 6.45) is 9.35. The van der Waals surface area contributed by atoms with Crippen molar-refractivity contribution < 1.29 is 29.4 Å². The first-order valence-corrected chi connectivity index (χ1v) is 6.61. The number of nitrogens with zero attached hydrogens (tertiary/aromatic N) is 1. The Morgan fingerprint density at radius 3 is 1.76 bits per heavy atom. The van der Waals surface area contributed by atoms with Crippen molar-refractivity contribution in [3.8, 4) is 0 Å². The van der Waals surface area contributed by atoms with Crippen LogP contribution in [-0.2, 0) is 19.2 Å². The van der Waals surface area contributed by atoms with E-state index in [4.69, 9.17) is 10.2 Å². The van der Waals surface area contributed by atoms with E-state index in [9.17, 15) is 19.2 Å². The minimum absolute atomic E-state index is 0.128. The fraction of sp³-hybridized carbons (Fsp3) is 0.429. The molecule has 0 saturated heterocycles. The average Bonchev–Trinajstić information content (AvgIpc) is 2.77. The Bertz CT molecular complexity index is 454. The maximum Gasteiger partial charge on any atom is 0.328 e. The van der Waals surface area contributed by atoms with E-state index in [1.807, 2.05) is 0 Å². The third-order valence-electron chi connectivity index (χ3n) is 3.15. The molecule has 0 aromatic rings. The monoisotopic (exact) mass is 295 g/mol. The van der Waals surface area contributed by atoms with Crippen LogP contribution in [0.5, 0.6) is 0 Å². The molecule has 0 bridgehead atoms. The zero-order valence-corrected chi connectivity index (χ0v) is 11.4. The molecule has 1 saturated carbocycles. The summed E-state index contributed by atoms with van der Waals surface area (Å²) < 4.78 is 0. The van der Waals surface area contributed by atoms with Gasteiger partial charge < -0.3 is 10.2 Å². The maximum absolute atomic E-state index is 11.3. The van der Waals surface area contributed by atoms with Crippen LogP contribution in [0, 0.1) is 0 Å². The summed E-state index contributed by atoms with van der Waals surface area (Å²) in [6.45, 7) is 0. The topological polar surface area (TPSA) is 112 Å². The largest absolute Gasteiger partial charge is 0.478 e. The van der Waals surface area contributed by atoms with Gasteiger partial charge in [-0.15, -0.1) is 0 Å². The van der Waals surface area contributed by atoms with Gasteiger partial charge in [-0.2, -0.15) is 0 Å². The van der Waals surface area contributed by atoms with Gasteiger partial charge in [0, 0.05) is 30.3 Å². The molecular weight excluding hydrogens is 278 g/mol. The third-order valence-corrected chi connectivity index (χ3v) is 3.15. The van der Waals surface area contributed by atoms with Crippen molar-refractivity contribution in [2.45, 2.75) is 38.1 Å². The number of carboxylic acid groups (broad SMARTS) is 2. The molecule has 1 fully saturated rings. The Morgan fingerprint density at radius 2 is 1.38 bits per heavy atom. The normalized spacial score (nSPS) is 18.8. The lowest BCUT2D eigenvalue weighted by Gasteiger charge is -2.29. The van der Waals surface area contributed by atoms with Crippen LogP contribution in [0.2, 0.25) is 0 Å². The molecule has 1 aliphatic carbocycles. The number of rotatable bonds is 3. The second-order valence-corrected chi connectivity index (χ2v) is 4.68. The highest BCUT2D eigenvalue weighted by molar-refractivity contribution is 6.13. The quantitative estimate of drug-likeness (QED) is 0.592. The Balaban J connectivity index is 0.000000240.